The van der Waals surface area contributed by atoms with E-state index in [1.54, 1.807) is 6.20 Å². The number of pyridine rings is 1. The normalized spacial score (nSPS) is 17.6. The SMILES string of the molecule is Clc1ncc(NC2CSc3ccccc32)cc1Br. The molecule has 3 rings (SSSR count). The highest BCUT2D eigenvalue weighted by Crippen LogP contribution is 2.39. The van der Waals surface area contributed by atoms with E-state index in [1.165, 1.54) is 10.5 Å². The van der Waals surface area contributed by atoms with Gasteiger partial charge in [0, 0.05) is 10.6 Å². The second-order valence-corrected chi connectivity index (χ2v) is 6.32. The number of hydrogen-bond donors (Lipinski definition) is 1. The lowest BCUT2D eigenvalue weighted by Gasteiger charge is -2.14. The molecule has 1 atom stereocenters. The molecule has 0 aliphatic carbocycles. The van der Waals surface area contributed by atoms with Crippen LogP contribution in [0.5, 0.6) is 0 Å². The second kappa shape index (κ2) is 5.11. The Morgan fingerprint density at radius 2 is 2.22 bits per heavy atom. The van der Waals surface area contributed by atoms with Crippen LogP contribution in [0.25, 0.3) is 0 Å². The minimum absolute atomic E-state index is 0.334. The molecule has 0 saturated heterocycles. The Bertz CT molecular complexity index is 591. The van der Waals surface area contributed by atoms with Crippen LogP contribution in [0.2, 0.25) is 5.15 Å². The van der Waals surface area contributed by atoms with E-state index in [9.17, 15) is 0 Å². The lowest BCUT2D eigenvalue weighted by Crippen LogP contribution is -2.09. The first-order valence-corrected chi connectivity index (χ1v) is 7.69. The number of benzene rings is 1. The van der Waals surface area contributed by atoms with Crippen molar-refractivity contribution in [3.63, 3.8) is 0 Å². The Morgan fingerprint density at radius 3 is 3.06 bits per heavy atom. The molecule has 1 aliphatic heterocycles. The molecular weight excluding hydrogens is 332 g/mol. The van der Waals surface area contributed by atoms with Crippen LogP contribution in [0.3, 0.4) is 0 Å². The first-order chi connectivity index (χ1) is 8.74. The van der Waals surface area contributed by atoms with Gasteiger partial charge in [-0.15, -0.1) is 11.8 Å². The van der Waals surface area contributed by atoms with Gasteiger partial charge in [-0.25, -0.2) is 4.98 Å². The second-order valence-electron chi connectivity index (χ2n) is 4.04. The standard InChI is InChI=1S/C13H10BrClN2S/c14-10-5-8(6-16-13(10)15)17-11-7-18-12-4-2-1-3-9(11)12/h1-6,11,17H,7H2. The van der Waals surface area contributed by atoms with Gasteiger partial charge in [0.2, 0.25) is 0 Å². The van der Waals surface area contributed by atoms with E-state index < -0.39 is 0 Å². The highest BCUT2D eigenvalue weighted by atomic mass is 79.9. The zero-order valence-electron chi connectivity index (χ0n) is 9.36. The molecular formula is C13H10BrClN2S. The number of rotatable bonds is 2. The van der Waals surface area contributed by atoms with Gasteiger partial charge in [0.25, 0.3) is 0 Å². The molecule has 0 amide bonds. The van der Waals surface area contributed by atoms with Crippen LogP contribution in [0.1, 0.15) is 11.6 Å². The number of anilines is 1. The van der Waals surface area contributed by atoms with E-state index in [0.717, 1.165) is 15.9 Å². The van der Waals surface area contributed by atoms with Gasteiger partial charge in [0.15, 0.2) is 0 Å². The number of aromatic nitrogens is 1. The van der Waals surface area contributed by atoms with Gasteiger partial charge in [-0.3, -0.25) is 0 Å². The number of nitrogens with zero attached hydrogens (tertiary/aromatic N) is 1. The molecule has 0 fully saturated rings. The van der Waals surface area contributed by atoms with E-state index >= 15 is 0 Å². The summed E-state index contributed by atoms with van der Waals surface area (Å²) in [5.74, 6) is 1.04. The van der Waals surface area contributed by atoms with Crippen molar-refractivity contribution in [1.29, 1.82) is 0 Å². The lowest BCUT2D eigenvalue weighted by atomic mass is 10.1. The van der Waals surface area contributed by atoms with Crippen molar-refractivity contribution in [2.45, 2.75) is 10.9 Å². The fraction of sp³-hybridized carbons (Fsp3) is 0.154. The van der Waals surface area contributed by atoms with Crippen LogP contribution in [0.15, 0.2) is 45.9 Å². The highest BCUT2D eigenvalue weighted by Gasteiger charge is 2.22. The summed E-state index contributed by atoms with van der Waals surface area (Å²) in [5.41, 5.74) is 2.34. The number of thioether (sulfide) groups is 1. The summed E-state index contributed by atoms with van der Waals surface area (Å²) in [5, 5.41) is 3.98. The summed E-state index contributed by atoms with van der Waals surface area (Å²) in [6.45, 7) is 0. The third-order valence-electron chi connectivity index (χ3n) is 2.84. The monoisotopic (exact) mass is 340 g/mol. The quantitative estimate of drug-likeness (QED) is 0.797. The molecule has 2 aromatic rings. The largest absolute Gasteiger partial charge is 0.376 e. The number of fused-ring (bicyclic) bond motifs is 1. The van der Waals surface area contributed by atoms with Crippen molar-refractivity contribution < 1.29 is 0 Å². The van der Waals surface area contributed by atoms with Crippen LogP contribution in [-0.4, -0.2) is 10.7 Å². The van der Waals surface area contributed by atoms with E-state index in [4.69, 9.17) is 11.6 Å². The Hall–Kier alpha value is -0.710. The molecule has 1 unspecified atom stereocenters. The van der Waals surface area contributed by atoms with Gasteiger partial charge in [0.05, 0.1) is 22.4 Å². The summed E-state index contributed by atoms with van der Waals surface area (Å²) in [6.07, 6.45) is 1.76. The Balaban J connectivity index is 1.84. The summed E-state index contributed by atoms with van der Waals surface area (Å²) in [7, 11) is 0. The van der Waals surface area contributed by atoms with Gasteiger partial charge in [-0.1, -0.05) is 29.8 Å². The highest BCUT2D eigenvalue weighted by molar-refractivity contribution is 9.10. The smallest absolute Gasteiger partial charge is 0.143 e. The minimum Gasteiger partial charge on any atom is -0.376 e. The topological polar surface area (TPSA) is 24.9 Å². The summed E-state index contributed by atoms with van der Waals surface area (Å²) >= 11 is 11.2. The lowest BCUT2D eigenvalue weighted by molar-refractivity contribution is 0.898. The van der Waals surface area contributed by atoms with Crippen LogP contribution in [0, 0.1) is 0 Å². The summed E-state index contributed by atoms with van der Waals surface area (Å²) in [6, 6.07) is 10.8. The molecule has 1 aromatic carbocycles. The van der Waals surface area contributed by atoms with Crippen molar-refractivity contribution in [2.24, 2.45) is 0 Å². The summed E-state index contributed by atoms with van der Waals surface area (Å²) in [4.78, 5) is 5.48. The minimum atomic E-state index is 0.334. The molecule has 2 heterocycles. The van der Waals surface area contributed by atoms with E-state index in [-0.39, 0.29) is 0 Å². The summed E-state index contributed by atoms with van der Waals surface area (Å²) < 4.78 is 0.813. The molecule has 2 nitrogen and oxygen atoms in total. The van der Waals surface area contributed by atoms with Crippen LogP contribution >= 0.6 is 39.3 Å². The number of halogens is 2. The van der Waals surface area contributed by atoms with Crippen LogP contribution in [-0.2, 0) is 0 Å². The maximum absolute atomic E-state index is 5.89. The molecule has 0 spiro atoms. The average molecular weight is 342 g/mol. The fourth-order valence-electron chi connectivity index (χ4n) is 1.98. The first kappa shape index (κ1) is 12.3. The first-order valence-electron chi connectivity index (χ1n) is 5.53. The predicted molar refractivity (Wildman–Crippen MR) is 80.5 cm³/mol. The van der Waals surface area contributed by atoms with Crippen molar-refractivity contribution in [3.05, 3.63) is 51.7 Å². The molecule has 0 saturated carbocycles. The molecule has 1 aliphatic rings. The molecule has 1 N–H and O–H groups in total. The third-order valence-corrected chi connectivity index (χ3v) is 5.15. The van der Waals surface area contributed by atoms with Crippen molar-refractivity contribution in [2.75, 3.05) is 11.1 Å². The Kier molecular flexibility index (Phi) is 3.50. The molecule has 0 radical (unpaired) electrons. The number of hydrogen-bond acceptors (Lipinski definition) is 3. The molecule has 5 heteroatoms. The zero-order valence-corrected chi connectivity index (χ0v) is 12.5. The van der Waals surface area contributed by atoms with E-state index in [0.29, 0.717) is 11.2 Å². The maximum atomic E-state index is 5.89. The molecule has 0 bridgehead atoms. The van der Waals surface area contributed by atoms with Crippen LogP contribution in [0.4, 0.5) is 5.69 Å². The van der Waals surface area contributed by atoms with Gasteiger partial charge < -0.3 is 5.32 Å². The predicted octanol–water partition coefficient (Wildman–Crippen LogP) is 4.76. The van der Waals surface area contributed by atoms with Crippen LogP contribution < -0.4 is 5.32 Å². The van der Waals surface area contributed by atoms with Gasteiger partial charge >= 0.3 is 0 Å². The average Bonchev–Trinajstić information content (AvgIpc) is 2.78. The third kappa shape index (κ3) is 2.37. The fourth-order valence-corrected chi connectivity index (χ4v) is 3.60. The van der Waals surface area contributed by atoms with Gasteiger partial charge in [0.1, 0.15) is 5.15 Å². The maximum Gasteiger partial charge on any atom is 0.143 e. The molecule has 92 valence electrons. The van der Waals surface area contributed by atoms with Crippen molar-refractivity contribution in [1.82, 2.24) is 4.98 Å². The van der Waals surface area contributed by atoms with Crippen molar-refractivity contribution in [3.8, 4) is 0 Å². The molecule has 18 heavy (non-hydrogen) atoms. The zero-order chi connectivity index (χ0) is 12.5. The van der Waals surface area contributed by atoms with E-state index in [2.05, 4.69) is 50.5 Å². The van der Waals surface area contributed by atoms with E-state index in [1.807, 2.05) is 17.8 Å². The van der Waals surface area contributed by atoms with Crippen molar-refractivity contribution >= 4 is 45.0 Å². The number of nitrogens with one attached hydrogen (secondary N) is 1. The Labute approximate surface area is 123 Å². The van der Waals surface area contributed by atoms with Gasteiger partial charge in [-0.2, -0.15) is 0 Å². The Morgan fingerprint density at radius 1 is 1.39 bits per heavy atom. The van der Waals surface area contributed by atoms with Gasteiger partial charge in [-0.05, 0) is 33.6 Å². The molecule has 1 aromatic heterocycles.